The number of hydrogen-bond donors (Lipinski definition) is 0. The summed E-state index contributed by atoms with van der Waals surface area (Å²) < 4.78 is 10.5. The summed E-state index contributed by atoms with van der Waals surface area (Å²) in [6, 6.07) is 17.0. The first-order chi connectivity index (χ1) is 14.1. The lowest BCUT2D eigenvalue weighted by Gasteiger charge is -2.45. The predicted molar refractivity (Wildman–Crippen MR) is 113 cm³/mol. The third kappa shape index (κ3) is 4.36. The molecule has 1 aliphatic heterocycles. The first kappa shape index (κ1) is 20.7. The number of rotatable bonds is 6. The van der Waals surface area contributed by atoms with Crippen molar-refractivity contribution in [2.24, 2.45) is 0 Å². The first-order valence-electron chi connectivity index (χ1n) is 10.0. The van der Waals surface area contributed by atoms with Gasteiger partial charge in [0, 0.05) is 13.0 Å². The number of ether oxygens (including phenoxy) is 2. The van der Waals surface area contributed by atoms with Crippen LogP contribution < -0.4 is 9.80 Å². The summed E-state index contributed by atoms with van der Waals surface area (Å²) in [6.07, 6.45) is 0.907. The third-order valence-electron chi connectivity index (χ3n) is 5.28. The Labute approximate surface area is 172 Å². The lowest BCUT2D eigenvalue weighted by Crippen LogP contribution is -2.56. The predicted octanol–water partition coefficient (Wildman–Crippen LogP) is 4.03. The molecule has 29 heavy (non-hydrogen) atoms. The molecule has 0 saturated heterocycles. The molecule has 6 heteroatoms. The van der Waals surface area contributed by atoms with Crippen molar-refractivity contribution in [3.05, 3.63) is 60.2 Å². The second-order valence-electron chi connectivity index (χ2n) is 7.00. The molecular weight excluding hydrogens is 368 g/mol. The van der Waals surface area contributed by atoms with E-state index < -0.39 is 6.04 Å². The summed E-state index contributed by atoms with van der Waals surface area (Å²) in [7, 11) is 1.42. The highest BCUT2D eigenvalue weighted by atomic mass is 16.6. The Kier molecular flexibility index (Phi) is 6.75. The molecule has 1 aliphatic rings. The molecule has 0 aromatic heterocycles. The fourth-order valence-corrected chi connectivity index (χ4v) is 3.86. The number of fused-ring (bicyclic) bond motifs is 1. The smallest absolute Gasteiger partial charge is 0.414 e. The van der Waals surface area contributed by atoms with E-state index in [1.807, 2.05) is 61.5 Å². The van der Waals surface area contributed by atoms with Crippen LogP contribution in [-0.2, 0) is 20.7 Å². The van der Waals surface area contributed by atoms with Crippen LogP contribution in [0.3, 0.4) is 0 Å². The van der Waals surface area contributed by atoms with E-state index in [0.717, 1.165) is 23.4 Å². The third-order valence-corrected chi connectivity index (χ3v) is 5.28. The minimum atomic E-state index is -0.484. The highest BCUT2D eigenvalue weighted by molar-refractivity contribution is 5.96. The van der Waals surface area contributed by atoms with Gasteiger partial charge < -0.3 is 14.4 Å². The average Bonchev–Trinajstić information content (AvgIpc) is 2.76. The quantitative estimate of drug-likeness (QED) is 0.690. The molecule has 0 radical (unpaired) electrons. The van der Waals surface area contributed by atoms with Crippen LogP contribution in [0.4, 0.5) is 16.2 Å². The Morgan fingerprint density at radius 2 is 1.69 bits per heavy atom. The van der Waals surface area contributed by atoms with Gasteiger partial charge in [0.1, 0.15) is 6.04 Å². The molecule has 0 saturated carbocycles. The maximum absolute atomic E-state index is 12.8. The van der Waals surface area contributed by atoms with Crippen molar-refractivity contribution in [2.75, 3.05) is 30.1 Å². The van der Waals surface area contributed by atoms with Gasteiger partial charge in [0.05, 0.1) is 31.1 Å². The number of benzene rings is 2. The highest BCUT2D eigenvalue weighted by Crippen LogP contribution is 2.38. The number of carbonyl (C=O) groups is 2. The number of esters is 1. The van der Waals surface area contributed by atoms with E-state index in [0.29, 0.717) is 19.6 Å². The van der Waals surface area contributed by atoms with Gasteiger partial charge in [-0.2, -0.15) is 0 Å². The van der Waals surface area contributed by atoms with Gasteiger partial charge in [0.2, 0.25) is 0 Å². The molecule has 154 valence electrons. The highest BCUT2D eigenvalue weighted by Gasteiger charge is 2.39. The number of anilines is 2. The number of methoxy groups -OCH3 is 1. The summed E-state index contributed by atoms with van der Waals surface area (Å²) in [6.45, 7) is 4.68. The van der Waals surface area contributed by atoms with Gasteiger partial charge in [-0.05, 0) is 31.0 Å². The second kappa shape index (κ2) is 9.45. The van der Waals surface area contributed by atoms with E-state index in [1.54, 1.807) is 11.8 Å². The van der Waals surface area contributed by atoms with Crippen LogP contribution >= 0.6 is 0 Å². The number of hydrogen-bond acceptors (Lipinski definition) is 5. The second-order valence-corrected chi connectivity index (χ2v) is 7.00. The fraction of sp³-hybridized carbons (Fsp3) is 0.391. The van der Waals surface area contributed by atoms with Gasteiger partial charge in [-0.1, -0.05) is 49.4 Å². The number of nitrogens with zero attached hydrogens (tertiary/aromatic N) is 2. The topological polar surface area (TPSA) is 59.1 Å². The first-order valence-corrected chi connectivity index (χ1v) is 10.0. The molecule has 1 amide bonds. The van der Waals surface area contributed by atoms with Gasteiger partial charge in [-0.3, -0.25) is 4.90 Å². The van der Waals surface area contributed by atoms with Crippen molar-refractivity contribution in [3.8, 4) is 0 Å². The molecule has 2 aromatic rings. The molecule has 0 fully saturated rings. The monoisotopic (exact) mass is 396 g/mol. The van der Waals surface area contributed by atoms with E-state index in [9.17, 15) is 9.59 Å². The van der Waals surface area contributed by atoms with Crippen molar-refractivity contribution in [2.45, 2.75) is 38.8 Å². The minimum absolute atomic E-state index is 0.105. The lowest BCUT2D eigenvalue weighted by molar-refractivity contribution is -0.142. The van der Waals surface area contributed by atoms with Crippen LogP contribution in [-0.4, -0.2) is 44.4 Å². The molecule has 0 N–H and O–H groups in total. The van der Waals surface area contributed by atoms with Crippen molar-refractivity contribution in [3.63, 3.8) is 0 Å². The van der Waals surface area contributed by atoms with E-state index >= 15 is 0 Å². The summed E-state index contributed by atoms with van der Waals surface area (Å²) in [4.78, 5) is 29.2. The van der Waals surface area contributed by atoms with Crippen LogP contribution in [0.2, 0.25) is 0 Å². The molecule has 0 spiro atoms. The average molecular weight is 396 g/mol. The van der Waals surface area contributed by atoms with Crippen LogP contribution in [0.15, 0.2) is 54.6 Å². The summed E-state index contributed by atoms with van der Waals surface area (Å²) in [5, 5.41) is 0. The van der Waals surface area contributed by atoms with Crippen LogP contribution in [0.25, 0.3) is 0 Å². The van der Waals surface area contributed by atoms with Crippen LogP contribution in [0.1, 0.15) is 25.8 Å². The number of carbonyl (C=O) groups excluding carboxylic acids is 2. The zero-order valence-electron chi connectivity index (χ0n) is 17.2. The van der Waals surface area contributed by atoms with Crippen LogP contribution in [0.5, 0.6) is 0 Å². The largest absolute Gasteiger partial charge is 0.467 e. The van der Waals surface area contributed by atoms with Gasteiger partial charge in [0.25, 0.3) is 0 Å². The Morgan fingerprint density at radius 1 is 1.03 bits per heavy atom. The van der Waals surface area contributed by atoms with Gasteiger partial charge in [-0.25, -0.2) is 9.59 Å². The normalized spacial score (nSPS) is 16.7. The molecular formula is C23H28N2O4. The summed E-state index contributed by atoms with van der Waals surface area (Å²) in [5.41, 5.74) is 2.64. The standard InChI is InChI=1S/C23H28N2O4/c1-4-18-16-24(21(22(26)28-3)15-17-11-7-6-8-12-17)19-13-9-10-14-20(19)25(18)23(27)29-5-2/h6-14,18,21H,4-5,15-16H2,1-3H3. The molecule has 3 rings (SSSR count). The summed E-state index contributed by atoms with van der Waals surface area (Å²) >= 11 is 0. The lowest BCUT2D eigenvalue weighted by atomic mass is 9.99. The van der Waals surface area contributed by atoms with E-state index in [4.69, 9.17) is 9.47 Å². The zero-order chi connectivity index (χ0) is 20.8. The van der Waals surface area contributed by atoms with E-state index in [1.165, 1.54) is 7.11 Å². The Balaban J connectivity index is 2.03. The Hall–Kier alpha value is -3.02. The molecule has 6 nitrogen and oxygen atoms in total. The molecule has 1 heterocycles. The maximum Gasteiger partial charge on any atom is 0.414 e. The molecule has 2 aromatic carbocycles. The van der Waals surface area contributed by atoms with Gasteiger partial charge in [0.15, 0.2) is 0 Å². The molecule has 2 unspecified atom stereocenters. The molecule has 0 bridgehead atoms. The van der Waals surface area contributed by atoms with Crippen molar-refractivity contribution >= 4 is 23.4 Å². The molecule has 2 atom stereocenters. The fourth-order valence-electron chi connectivity index (χ4n) is 3.86. The van der Waals surface area contributed by atoms with E-state index in [2.05, 4.69) is 4.90 Å². The van der Waals surface area contributed by atoms with Crippen molar-refractivity contribution in [1.29, 1.82) is 0 Å². The van der Waals surface area contributed by atoms with Gasteiger partial charge in [-0.15, -0.1) is 0 Å². The van der Waals surface area contributed by atoms with Crippen molar-refractivity contribution < 1.29 is 19.1 Å². The minimum Gasteiger partial charge on any atom is -0.467 e. The zero-order valence-corrected chi connectivity index (χ0v) is 17.2. The Bertz CT molecular complexity index is 840. The SMILES string of the molecule is CCOC(=O)N1c2ccccc2N(C(Cc2ccccc2)C(=O)OC)CC1CC. The summed E-state index contributed by atoms with van der Waals surface area (Å²) in [5.74, 6) is -0.289. The number of amides is 1. The maximum atomic E-state index is 12.8. The van der Waals surface area contributed by atoms with Gasteiger partial charge >= 0.3 is 12.1 Å². The Morgan fingerprint density at radius 3 is 2.31 bits per heavy atom. The van der Waals surface area contributed by atoms with Crippen molar-refractivity contribution in [1.82, 2.24) is 0 Å². The number of para-hydroxylation sites is 2. The van der Waals surface area contributed by atoms with E-state index in [-0.39, 0.29) is 18.1 Å². The molecule has 0 aliphatic carbocycles. The van der Waals surface area contributed by atoms with Crippen LogP contribution in [0, 0.1) is 0 Å².